The van der Waals surface area contributed by atoms with E-state index in [2.05, 4.69) is 9.71 Å². The van der Waals surface area contributed by atoms with Crippen molar-refractivity contribution < 1.29 is 16.8 Å². The van der Waals surface area contributed by atoms with Crippen LogP contribution in [-0.4, -0.2) is 21.8 Å². The standard InChI is InChI=1S/C17H12Cl2N2O4S2/c18-12-4-7-14(8-5-12)26(22,23)15-2-1-3-16(10-15)27(24,25)21-17-9-6-13(19)11-20-17/h1-11H,(H,20,21). The van der Waals surface area contributed by atoms with Crippen LogP contribution in [-0.2, 0) is 19.9 Å². The summed E-state index contributed by atoms with van der Waals surface area (Å²) in [5.41, 5.74) is 0. The fourth-order valence-electron chi connectivity index (χ4n) is 2.19. The van der Waals surface area contributed by atoms with Gasteiger partial charge < -0.3 is 0 Å². The van der Waals surface area contributed by atoms with Gasteiger partial charge in [0.15, 0.2) is 0 Å². The molecule has 0 atom stereocenters. The summed E-state index contributed by atoms with van der Waals surface area (Å²) in [6, 6.07) is 13.5. The van der Waals surface area contributed by atoms with E-state index in [0.717, 1.165) is 6.07 Å². The molecular weight excluding hydrogens is 431 g/mol. The topological polar surface area (TPSA) is 93.2 Å². The van der Waals surface area contributed by atoms with Crippen molar-refractivity contribution in [3.05, 3.63) is 76.9 Å². The van der Waals surface area contributed by atoms with Gasteiger partial charge in [0.05, 0.1) is 19.7 Å². The average molecular weight is 443 g/mol. The van der Waals surface area contributed by atoms with Gasteiger partial charge in [0.2, 0.25) is 9.84 Å². The van der Waals surface area contributed by atoms with E-state index in [4.69, 9.17) is 23.2 Å². The van der Waals surface area contributed by atoms with Crippen molar-refractivity contribution in [3.63, 3.8) is 0 Å². The molecule has 0 bridgehead atoms. The van der Waals surface area contributed by atoms with Gasteiger partial charge in [-0.05, 0) is 54.6 Å². The van der Waals surface area contributed by atoms with Crippen LogP contribution in [0.25, 0.3) is 0 Å². The summed E-state index contributed by atoms with van der Waals surface area (Å²) < 4.78 is 52.8. The van der Waals surface area contributed by atoms with Crippen LogP contribution in [0.4, 0.5) is 5.82 Å². The molecule has 0 saturated heterocycles. The number of sulfone groups is 1. The minimum absolute atomic E-state index is 0.00813. The third-order valence-electron chi connectivity index (χ3n) is 3.52. The number of halogens is 2. The smallest absolute Gasteiger partial charge is 0.263 e. The maximum atomic E-state index is 12.7. The molecule has 3 aromatic rings. The molecule has 0 amide bonds. The van der Waals surface area contributed by atoms with Gasteiger partial charge in [-0.2, -0.15) is 0 Å². The fourth-order valence-corrected chi connectivity index (χ4v) is 4.86. The van der Waals surface area contributed by atoms with Gasteiger partial charge >= 0.3 is 0 Å². The molecule has 0 saturated carbocycles. The number of rotatable bonds is 5. The first kappa shape index (κ1) is 19.6. The Labute approximate surface area is 166 Å². The van der Waals surface area contributed by atoms with Gasteiger partial charge in [0.1, 0.15) is 5.82 Å². The number of hydrogen-bond donors (Lipinski definition) is 1. The van der Waals surface area contributed by atoms with Gasteiger partial charge in [-0.15, -0.1) is 0 Å². The Hall–Kier alpha value is -2.13. The second-order valence-electron chi connectivity index (χ2n) is 5.40. The second-order valence-corrected chi connectivity index (χ2v) is 9.90. The lowest BCUT2D eigenvalue weighted by Crippen LogP contribution is -2.14. The number of anilines is 1. The third-order valence-corrected chi connectivity index (χ3v) is 7.11. The van der Waals surface area contributed by atoms with E-state index in [1.54, 1.807) is 0 Å². The zero-order valence-corrected chi connectivity index (χ0v) is 16.6. The highest BCUT2D eigenvalue weighted by Gasteiger charge is 2.22. The van der Waals surface area contributed by atoms with Crippen LogP contribution < -0.4 is 4.72 Å². The van der Waals surface area contributed by atoms with Crippen molar-refractivity contribution in [1.82, 2.24) is 4.98 Å². The summed E-state index contributed by atoms with van der Waals surface area (Å²) in [5.74, 6) is 0.0605. The van der Waals surface area contributed by atoms with E-state index in [1.807, 2.05) is 0 Å². The molecule has 3 rings (SSSR count). The van der Waals surface area contributed by atoms with E-state index >= 15 is 0 Å². The van der Waals surface area contributed by atoms with E-state index in [-0.39, 0.29) is 20.5 Å². The maximum absolute atomic E-state index is 12.7. The zero-order valence-electron chi connectivity index (χ0n) is 13.5. The molecule has 1 heterocycles. The molecular formula is C17H12Cl2N2O4S2. The molecule has 140 valence electrons. The van der Waals surface area contributed by atoms with E-state index in [0.29, 0.717) is 10.0 Å². The molecule has 0 unspecified atom stereocenters. The van der Waals surface area contributed by atoms with Crippen molar-refractivity contribution in [1.29, 1.82) is 0 Å². The summed E-state index contributed by atoms with van der Waals surface area (Å²) in [7, 11) is -7.94. The highest BCUT2D eigenvalue weighted by molar-refractivity contribution is 7.93. The number of benzene rings is 2. The van der Waals surface area contributed by atoms with Crippen LogP contribution in [0.5, 0.6) is 0 Å². The fraction of sp³-hybridized carbons (Fsp3) is 0. The lowest BCUT2D eigenvalue weighted by Gasteiger charge is -2.10. The molecule has 0 radical (unpaired) electrons. The minimum Gasteiger partial charge on any atom is -0.263 e. The highest BCUT2D eigenvalue weighted by Crippen LogP contribution is 2.25. The Morgan fingerprint density at radius 1 is 0.741 bits per heavy atom. The number of sulfonamides is 1. The van der Waals surface area contributed by atoms with Crippen molar-refractivity contribution >= 4 is 48.9 Å². The number of nitrogens with zero attached hydrogens (tertiary/aromatic N) is 1. The lowest BCUT2D eigenvalue weighted by molar-refractivity contribution is 0.595. The summed E-state index contributed by atoms with van der Waals surface area (Å²) >= 11 is 11.5. The summed E-state index contributed by atoms with van der Waals surface area (Å²) in [5, 5.41) is 0.749. The van der Waals surface area contributed by atoms with E-state index < -0.39 is 19.9 Å². The number of nitrogens with one attached hydrogen (secondary N) is 1. The van der Waals surface area contributed by atoms with Gasteiger partial charge in [-0.3, -0.25) is 4.72 Å². The monoisotopic (exact) mass is 442 g/mol. The van der Waals surface area contributed by atoms with Crippen LogP contribution in [0.2, 0.25) is 10.0 Å². The Morgan fingerprint density at radius 2 is 1.37 bits per heavy atom. The minimum atomic E-state index is -4.04. The summed E-state index contributed by atoms with van der Waals surface area (Å²) in [6.07, 6.45) is 1.29. The SMILES string of the molecule is O=S(=O)(Nc1ccc(Cl)cn1)c1cccc(S(=O)(=O)c2ccc(Cl)cc2)c1. The Balaban J connectivity index is 1.97. The lowest BCUT2D eigenvalue weighted by atomic mass is 10.4. The predicted molar refractivity (Wildman–Crippen MR) is 103 cm³/mol. The Bertz CT molecular complexity index is 1180. The third kappa shape index (κ3) is 4.41. The van der Waals surface area contributed by atoms with Crippen LogP contribution in [0.3, 0.4) is 0 Å². The number of aromatic nitrogens is 1. The normalized spacial score (nSPS) is 11.9. The van der Waals surface area contributed by atoms with Crippen LogP contribution in [0, 0.1) is 0 Å². The second kappa shape index (κ2) is 7.47. The van der Waals surface area contributed by atoms with Crippen molar-refractivity contribution in [3.8, 4) is 0 Å². The molecule has 0 aliphatic heterocycles. The Kier molecular flexibility index (Phi) is 5.43. The molecule has 0 fully saturated rings. The molecule has 27 heavy (non-hydrogen) atoms. The van der Waals surface area contributed by atoms with E-state index in [1.165, 1.54) is 60.8 Å². The largest absolute Gasteiger partial charge is 0.263 e. The first-order chi connectivity index (χ1) is 12.7. The molecule has 0 aliphatic rings. The summed E-state index contributed by atoms with van der Waals surface area (Å²) in [6.45, 7) is 0. The summed E-state index contributed by atoms with van der Waals surface area (Å²) in [4.78, 5) is 3.50. The molecule has 10 heteroatoms. The molecule has 6 nitrogen and oxygen atoms in total. The van der Waals surface area contributed by atoms with Gasteiger partial charge in [-0.1, -0.05) is 29.3 Å². The van der Waals surface area contributed by atoms with Crippen LogP contribution >= 0.6 is 23.2 Å². The van der Waals surface area contributed by atoms with Gasteiger partial charge in [-0.25, -0.2) is 21.8 Å². The molecule has 1 N–H and O–H groups in total. The highest BCUT2D eigenvalue weighted by atomic mass is 35.5. The number of hydrogen-bond acceptors (Lipinski definition) is 5. The first-order valence-electron chi connectivity index (χ1n) is 7.44. The van der Waals surface area contributed by atoms with Crippen LogP contribution in [0.15, 0.2) is 81.5 Å². The molecule has 0 spiro atoms. The quantitative estimate of drug-likeness (QED) is 0.643. The van der Waals surface area contributed by atoms with Gasteiger partial charge in [0, 0.05) is 11.2 Å². The van der Waals surface area contributed by atoms with Crippen molar-refractivity contribution in [2.45, 2.75) is 14.7 Å². The van der Waals surface area contributed by atoms with E-state index in [9.17, 15) is 16.8 Å². The van der Waals surface area contributed by atoms with Crippen molar-refractivity contribution in [2.75, 3.05) is 4.72 Å². The van der Waals surface area contributed by atoms with Gasteiger partial charge in [0.25, 0.3) is 10.0 Å². The molecule has 0 aliphatic carbocycles. The molecule has 1 aromatic heterocycles. The Morgan fingerprint density at radius 3 is 2.00 bits per heavy atom. The van der Waals surface area contributed by atoms with Crippen molar-refractivity contribution in [2.24, 2.45) is 0 Å². The first-order valence-corrected chi connectivity index (χ1v) is 11.2. The maximum Gasteiger partial charge on any atom is 0.263 e. The number of pyridine rings is 1. The average Bonchev–Trinajstić information content (AvgIpc) is 2.64. The predicted octanol–water partition coefficient (Wildman–Crippen LogP) is 4.02. The zero-order chi connectivity index (χ0) is 19.7. The van der Waals surface area contributed by atoms with Crippen LogP contribution in [0.1, 0.15) is 0 Å². The molecule has 2 aromatic carbocycles.